The minimum Gasteiger partial charge on any atom is -0.381 e. The van der Waals surface area contributed by atoms with Gasteiger partial charge < -0.3 is 10.8 Å². The molecule has 0 fully saturated rings. The Morgan fingerprint density at radius 3 is 2.80 bits per heavy atom. The maximum atomic E-state index is 8.36. The second kappa shape index (κ2) is 6.99. The van der Waals surface area contributed by atoms with Crippen LogP contribution in [0.25, 0.3) is 0 Å². The van der Waals surface area contributed by atoms with Gasteiger partial charge in [-0.25, -0.2) is 0 Å². The molecule has 0 aromatic heterocycles. The molecule has 0 aromatic rings. The largest absolute Gasteiger partial charge is 0.381 e. The van der Waals surface area contributed by atoms with Crippen molar-refractivity contribution in [1.29, 1.82) is 0 Å². The molecule has 0 aliphatic rings. The highest BCUT2D eigenvalue weighted by atomic mass is 16.3. The first-order chi connectivity index (χ1) is 4.81. The summed E-state index contributed by atoms with van der Waals surface area (Å²) in [7, 11) is 0. The number of hydrogen-bond donors (Lipinski definition) is 3. The Morgan fingerprint density at radius 1 is 1.60 bits per heavy atom. The zero-order chi connectivity index (χ0) is 7.82. The van der Waals surface area contributed by atoms with Crippen LogP contribution in [0.5, 0.6) is 0 Å². The number of hydrogen-bond acceptors (Lipinski definition) is 3. The van der Waals surface area contributed by atoms with E-state index in [9.17, 15) is 0 Å². The number of aliphatic hydroxyl groups is 1. The molecule has 0 saturated heterocycles. The van der Waals surface area contributed by atoms with Gasteiger partial charge >= 0.3 is 0 Å². The predicted octanol–water partition coefficient (Wildman–Crippen LogP) is 0.535. The van der Waals surface area contributed by atoms with Crippen LogP contribution in [0.3, 0.4) is 0 Å². The molecule has 0 rings (SSSR count). The van der Waals surface area contributed by atoms with E-state index in [1.807, 2.05) is 0 Å². The third kappa shape index (κ3) is 6.01. The molecule has 0 saturated carbocycles. The second-order valence-electron chi connectivity index (χ2n) is 2.50. The van der Waals surface area contributed by atoms with Crippen LogP contribution < -0.4 is 11.1 Å². The molecule has 0 spiro atoms. The van der Waals surface area contributed by atoms with E-state index in [0.717, 1.165) is 25.8 Å². The lowest BCUT2D eigenvalue weighted by molar-refractivity contribution is 0.258. The maximum absolute atomic E-state index is 8.36. The molecule has 0 aliphatic heterocycles. The first-order valence-electron chi connectivity index (χ1n) is 3.88. The smallest absolute Gasteiger partial charge is 0.0931 e. The molecule has 0 radical (unpaired) electrons. The highest BCUT2D eigenvalue weighted by Crippen LogP contribution is 1.95. The maximum Gasteiger partial charge on any atom is 0.0931 e. The van der Waals surface area contributed by atoms with Gasteiger partial charge in [0.25, 0.3) is 0 Å². The molecule has 1 unspecified atom stereocenters. The number of nitrogens with two attached hydrogens (primary N) is 1. The molecule has 3 heteroatoms. The number of rotatable bonds is 6. The van der Waals surface area contributed by atoms with Gasteiger partial charge in [0, 0.05) is 8.90 Å². The highest BCUT2D eigenvalue weighted by Gasteiger charge is 1.98. The van der Waals surface area contributed by atoms with E-state index in [4.69, 9.17) is 10.8 Å². The molecule has 66 valence electrons. The fraction of sp³-hybridized carbons (Fsp3) is 1.00. The molecule has 3 nitrogen and oxygen atoms in total. The zero-order valence-corrected chi connectivity index (χ0v) is 6.64. The van der Waals surface area contributed by atoms with Crippen LogP contribution in [0.15, 0.2) is 0 Å². The first kappa shape index (κ1) is 9.88. The molecular formula is C7H22N2O. The molecule has 0 heterocycles. The molecule has 1 atom stereocenters. The van der Waals surface area contributed by atoms with Crippen LogP contribution in [-0.4, -0.2) is 24.4 Å². The van der Waals surface area contributed by atoms with Gasteiger partial charge in [0.2, 0.25) is 0 Å². The van der Waals surface area contributed by atoms with Gasteiger partial charge in [-0.1, -0.05) is 13.3 Å². The summed E-state index contributed by atoms with van der Waals surface area (Å²) >= 11 is 0. The highest BCUT2D eigenvalue weighted by molar-refractivity contribution is 4.60. The van der Waals surface area contributed by atoms with Gasteiger partial charge in [0.1, 0.15) is 0 Å². The summed E-state index contributed by atoms with van der Waals surface area (Å²) in [5.74, 6) is 0. The van der Waals surface area contributed by atoms with E-state index in [1.165, 1.54) is 0 Å². The monoisotopic (exact) mass is 150 g/mol. The Morgan fingerprint density at radius 2 is 2.30 bits per heavy atom. The summed E-state index contributed by atoms with van der Waals surface area (Å²) in [6.45, 7) is 3.00. The van der Waals surface area contributed by atoms with Crippen molar-refractivity contribution >= 4 is 0 Å². The fourth-order valence-electron chi connectivity index (χ4n) is 0.882. The van der Waals surface area contributed by atoms with Crippen LogP contribution in [0, 0.1) is 0 Å². The number of nitrogens with one attached hydrogen (secondary N) is 1. The molecule has 4 N–H and O–H groups in total. The Kier molecular flexibility index (Phi) is 6.91. The zero-order valence-electron chi connectivity index (χ0n) is 6.64. The normalized spacial score (nSPS) is 13.5. The van der Waals surface area contributed by atoms with Crippen molar-refractivity contribution in [3.63, 3.8) is 0 Å². The summed E-state index contributed by atoms with van der Waals surface area (Å²) in [6, 6.07) is 0.295. The van der Waals surface area contributed by atoms with Gasteiger partial charge in [-0.2, -0.15) is 0 Å². The Labute approximate surface area is 65.6 Å². The average molecular weight is 150 g/mol. The molecule has 0 aromatic carbocycles. The quantitative estimate of drug-likeness (QED) is 0.382. The molecule has 0 amide bonds. The van der Waals surface area contributed by atoms with Gasteiger partial charge in [-0.05, 0) is 19.4 Å². The van der Waals surface area contributed by atoms with Gasteiger partial charge in [-0.15, -0.1) is 0 Å². The van der Waals surface area contributed by atoms with E-state index in [0.29, 0.717) is 6.04 Å². The Hall–Kier alpha value is -0.120. The standard InChI is InChI=1S/C7H18N2O.2H2/c1-2-3-7(8)4-5-9-6-10;;/h7,9-10H,2-6,8H2,1H3;2*1H. The summed E-state index contributed by atoms with van der Waals surface area (Å²) in [5.41, 5.74) is 5.70. The lowest BCUT2D eigenvalue weighted by Crippen LogP contribution is -2.26. The predicted molar refractivity (Wildman–Crippen MR) is 46.8 cm³/mol. The van der Waals surface area contributed by atoms with Crippen LogP contribution >= 0.6 is 0 Å². The summed E-state index contributed by atoms with van der Waals surface area (Å²) in [5, 5.41) is 11.2. The van der Waals surface area contributed by atoms with Crippen molar-refractivity contribution in [3.05, 3.63) is 0 Å². The lowest BCUT2D eigenvalue weighted by Gasteiger charge is -2.08. The Bertz CT molecular complexity index is 76.4. The van der Waals surface area contributed by atoms with Crippen molar-refractivity contribution in [2.75, 3.05) is 13.3 Å². The van der Waals surface area contributed by atoms with Crippen LogP contribution in [0.4, 0.5) is 0 Å². The SMILES string of the molecule is CCCC(N)CCNCO.[HH].[HH]. The van der Waals surface area contributed by atoms with Gasteiger partial charge in [-0.3, -0.25) is 5.32 Å². The van der Waals surface area contributed by atoms with Gasteiger partial charge in [0.05, 0.1) is 6.73 Å². The van der Waals surface area contributed by atoms with E-state index < -0.39 is 0 Å². The lowest BCUT2D eigenvalue weighted by atomic mass is 10.1. The van der Waals surface area contributed by atoms with E-state index in [1.54, 1.807) is 0 Å². The van der Waals surface area contributed by atoms with E-state index >= 15 is 0 Å². The van der Waals surface area contributed by atoms with E-state index in [2.05, 4.69) is 12.2 Å². The fourth-order valence-corrected chi connectivity index (χ4v) is 0.882. The average Bonchev–Trinajstić information content (AvgIpc) is 1.89. The van der Waals surface area contributed by atoms with E-state index in [-0.39, 0.29) is 9.58 Å². The first-order valence-corrected chi connectivity index (χ1v) is 3.88. The molecule has 10 heavy (non-hydrogen) atoms. The minimum atomic E-state index is 0. The second-order valence-corrected chi connectivity index (χ2v) is 2.50. The van der Waals surface area contributed by atoms with Crippen molar-refractivity contribution in [3.8, 4) is 0 Å². The minimum absolute atomic E-state index is 0. The summed E-state index contributed by atoms with van der Waals surface area (Å²) in [4.78, 5) is 0. The molecular weight excluding hydrogens is 128 g/mol. The van der Waals surface area contributed by atoms with Crippen molar-refractivity contribution in [1.82, 2.24) is 5.32 Å². The van der Waals surface area contributed by atoms with Gasteiger partial charge in [0.15, 0.2) is 0 Å². The van der Waals surface area contributed by atoms with Crippen molar-refractivity contribution < 1.29 is 7.96 Å². The topological polar surface area (TPSA) is 58.3 Å². The third-order valence-corrected chi connectivity index (χ3v) is 1.46. The summed E-state index contributed by atoms with van der Waals surface area (Å²) in [6.07, 6.45) is 3.17. The Balaban J connectivity index is -0.000000405. The van der Waals surface area contributed by atoms with Crippen LogP contribution in [0.2, 0.25) is 0 Å². The van der Waals surface area contributed by atoms with Crippen molar-refractivity contribution in [2.45, 2.75) is 32.2 Å². The number of aliphatic hydroxyl groups excluding tert-OH is 1. The van der Waals surface area contributed by atoms with Crippen molar-refractivity contribution in [2.24, 2.45) is 5.73 Å². The van der Waals surface area contributed by atoms with Crippen LogP contribution in [0.1, 0.15) is 29.0 Å². The molecule has 0 bridgehead atoms. The molecule has 0 aliphatic carbocycles. The van der Waals surface area contributed by atoms with Crippen LogP contribution in [-0.2, 0) is 0 Å². The summed E-state index contributed by atoms with van der Waals surface area (Å²) < 4.78 is 0. The third-order valence-electron chi connectivity index (χ3n) is 1.46.